The zero-order valence-electron chi connectivity index (χ0n) is 12.9. The van der Waals surface area contributed by atoms with Gasteiger partial charge in [0.05, 0.1) is 5.25 Å². The van der Waals surface area contributed by atoms with Crippen molar-refractivity contribution < 1.29 is 0 Å². The van der Waals surface area contributed by atoms with Crippen LogP contribution in [0, 0.1) is 17.1 Å². The number of thioether (sulfide) groups is 1. The van der Waals surface area contributed by atoms with Gasteiger partial charge in [-0.3, -0.25) is 0 Å². The summed E-state index contributed by atoms with van der Waals surface area (Å²) in [4.78, 5) is 0. The maximum absolute atomic E-state index is 3.78. The molecule has 0 amide bonds. The zero-order valence-corrected chi connectivity index (χ0v) is 14.5. The monoisotopic (exact) mass is 284 g/mol. The maximum atomic E-state index is 3.78. The molecule has 18 heavy (non-hydrogen) atoms. The Bertz CT molecular complexity index is 333. The van der Waals surface area contributed by atoms with Gasteiger partial charge in [-0.1, -0.05) is 65.7 Å². The third kappa shape index (κ3) is 3.11. The molecule has 0 nitrogen and oxygen atoms in total. The quantitative estimate of drug-likeness (QED) is 0.638. The SMILES string of the molecule is CC1C=CSC1C#CS(C(C)C)(C(C)C)C(C)C. The highest BCUT2D eigenvalue weighted by molar-refractivity contribution is 8.38. The maximum Gasteiger partial charge on any atom is 0.0766 e. The van der Waals surface area contributed by atoms with Crippen molar-refractivity contribution in [2.75, 3.05) is 0 Å². The third-order valence-electron chi connectivity index (χ3n) is 3.80. The Morgan fingerprint density at radius 1 is 1.00 bits per heavy atom. The van der Waals surface area contributed by atoms with Gasteiger partial charge in [0.2, 0.25) is 0 Å². The fourth-order valence-corrected chi connectivity index (χ4v) is 8.14. The van der Waals surface area contributed by atoms with Gasteiger partial charge in [0, 0.05) is 0 Å². The molecule has 2 atom stereocenters. The van der Waals surface area contributed by atoms with E-state index >= 15 is 0 Å². The lowest BCUT2D eigenvalue weighted by Gasteiger charge is -2.46. The predicted octanol–water partition coefficient (Wildman–Crippen LogP) is 5.24. The Kier molecular flexibility index (Phi) is 5.74. The molecular formula is C16H28S2. The highest BCUT2D eigenvalue weighted by atomic mass is 32.3. The van der Waals surface area contributed by atoms with E-state index in [1.54, 1.807) is 0 Å². The Morgan fingerprint density at radius 3 is 1.83 bits per heavy atom. The summed E-state index contributed by atoms with van der Waals surface area (Å²) in [5.41, 5.74) is 0. The molecule has 0 aromatic heterocycles. The van der Waals surface area contributed by atoms with Crippen LogP contribution in [-0.4, -0.2) is 21.0 Å². The lowest BCUT2D eigenvalue weighted by molar-refractivity contribution is 0.789. The van der Waals surface area contributed by atoms with Crippen molar-refractivity contribution in [3.05, 3.63) is 11.5 Å². The highest BCUT2D eigenvalue weighted by Gasteiger charge is 2.33. The predicted molar refractivity (Wildman–Crippen MR) is 90.5 cm³/mol. The first-order chi connectivity index (χ1) is 8.32. The molecule has 2 heteroatoms. The van der Waals surface area contributed by atoms with Crippen LogP contribution in [-0.2, 0) is 0 Å². The minimum absolute atomic E-state index is 0.480. The molecule has 0 fully saturated rings. The molecule has 0 aromatic carbocycles. The molecule has 1 heterocycles. The van der Waals surface area contributed by atoms with Crippen molar-refractivity contribution in [2.45, 2.75) is 69.5 Å². The molecule has 0 N–H and O–H groups in total. The normalized spacial score (nSPS) is 24.8. The van der Waals surface area contributed by atoms with Crippen LogP contribution >= 0.6 is 21.8 Å². The molecular weight excluding hydrogens is 256 g/mol. The number of hydrogen-bond donors (Lipinski definition) is 0. The minimum Gasteiger partial charge on any atom is -0.170 e. The van der Waals surface area contributed by atoms with E-state index in [9.17, 15) is 0 Å². The van der Waals surface area contributed by atoms with E-state index in [2.05, 4.69) is 71.1 Å². The average Bonchev–Trinajstić information content (AvgIpc) is 2.63. The van der Waals surface area contributed by atoms with E-state index in [4.69, 9.17) is 0 Å². The van der Waals surface area contributed by atoms with Gasteiger partial charge in [-0.2, -0.15) is 10.0 Å². The summed E-state index contributed by atoms with van der Waals surface area (Å²) in [6.45, 7) is 16.4. The fourth-order valence-electron chi connectivity index (χ4n) is 2.79. The molecule has 0 bridgehead atoms. The van der Waals surface area contributed by atoms with Gasteiger partial charge in [0.15, 0.2) is 0 Å². The van der Waals surface area contributed by atoms with Gasteiger partial charge in [-0.25, -0.2) is 0 Å². The second-order valence-electron chi connectivity index (χ2n) is 5.90. The minimum atomic E-state index is -0.859. The Hall–Kier alpha value is -0.0000000000000000555. The second kappa shape index (κ2) is 6.44. The van der Waals surface area contributed by atoms with Crippen molar-refractivity contribution in [1.29, 1.82) is 0 Å². The lowest BCUT2D eigenvalue weighted by atomic mass is 10.1. The van der Waals surface area contributed by atoms with Crippen LogP contribution in [0.3, 0.4) is 0 Å². The molecule has 2 unspecified atom stereocenters. The number of hydrogen-bond acceptors (Lipinski definition) is 1. The molecule has 0 saturated heterocycles. The van der Waals surface area contributed by atoms with Crippen LogP contribution in [0.15, 0.2) is 11.5 Å². The molecule has 0 aliphatic carbocycles. The van der Waals surface area contributed by atoms with Crippen molar-refractivity contribution in [2.24, 2.45) is 5.92 Å². The van der Waals surface area contributed by atoms with Crippen molar-refractivity contribution in [3.8, 4) is 11.2 Å². The van der Waals surface area contributed by atoms with E-state index in [0.717, 1.165) is 0 Å². The van der Waals surface area contributed by atoms with E-state index in [-0.39, 0.29) is 0 Å². The Morgan fingerprint density at radius 2 is 1.50 bits per heavy atom. The smallest absolute Gasteiger partial charge is 0.0766 e. The topological polar surface area (TPSA) is 0 Å². The van der Waals surface area contributed by atoms with E-state index in [1.807, 2.05) is 11.8 Å². The Balaban J connectivity index is 3.02. The molecule has 104 valence electrons. The molecule has 1 aliphatic heterocycles. The van der Waals surface area contributed by atoms with E-state index in [1.165, 1.54) is 0 Å². The molecule has 0 spiro atoms. The van der Waals surface area contributed by atoms with Crippen LogP contribution in [0.4, 0.5) is 0 Å². The van der Waals surface area contributed by atoms with Gasteiger partial charge >= 0.3 is 0 Å². The number of allylic oxidation sites excluding steroid dienone is 1. The van der Waals surface area contributed by atoms with Gasteiger partial charge in [0.1, 0.15) is 0 Å². The largest absolute Gasteiger partial charge is 0.170 e. The van der Waals surface area contributed by atoms with Crippen LogP contribution in [0.25, 0.3) is 0 Å². The fraction of sp³-hybridized carbons (Fsp3) is 0.750. The van der Waals surface area contributed by atoms with Crippen LogP contribution < -0.4 is 0 Å². The molecule has 0 aromatic rings. The van der Waals surface area contributed by atoms with Crippen molar-refractivity contribution in [3.63, 3.8) is 0 Å². The summed E-state index contributed by atoms with van der Waals surface area (Å²) < 4.78 is 0. The average molecular weight is 285 g/mol. The van der Waals surface area contributed by atoms with Gasteiger partial charge in [-0.05, 0) is 27.1 Å². The second-order valence-corrected chi connectivity index (χ2v) is 11.5. The first-order valence-electron chi connectivity index (χ1n) is 6.96. The molecule has 1 aliphatic rings. The zero-order chi connectivity index (χ0) is 13.9. The van der Waals surface area contributed by atoms with E-state index in [0.29, 0.717) is 26.9 Å². The summed E-state index contributed by atoms with van der Waals surface area (Å²) in [5, 5.41) is 8.51. The van der Waals surface area contributed by atoms with Crippen LogP contribution in [0.2, 0.25) is 0 Å². The Labute approximate surface area is 120 Å². The summed E-state index contributed by atoms with van der Waals surface area (Å²) in [7, 11) is -0.859. The molecule has 0 radical (unpaired) electrons. The molecule has 0 saturated carbocycles. The summed E-state index contributed by atoms with van der Waals surface area (Å²) in [6, 6.07) is 0. The third-order valence-corrected chi connectivity index (χ3v) is 10.1. The first-order valence-corrected chi connectivity index (χ1v) is 9.73. The summed E-state index contributed by atoms with van der Waals surface area (Å²) >= 11 is 1.89. The molecule has 1 rings (SSSR count). The van der Waals surface area contributed by atoms with Gasteiger partial charge < -0.3 is 0 Å². The van der Waals surface area contributed by atoms with Gasteiger partial charge in [-0.15, -0.1) is 11.8 Å². The summed E-state index contributed by atoms with van der Waals surface area (Å²) in [6.07, 6.45) is 2.28. The lowest BCUT2D eigenvalue weighted by Crippen LogP contribution is -2.27. The number of rotatable bonds is 3. The van der Waals surface area contributed by atoms with E-state index < -0.39 is 10.0 Å². The van der Waals surface area contributed by atoms with Crippen LogP contribution in [0.5, 0.6) is 0 Å². The first kappa shape index (κ1) is 16.1. The standard InChI is InChI=1S/C16H28S2/c1-12(2)18(13(3)4,14(5)6)11-9-16-15(7)8-10-17-16/h8,10,12-16H,1-7H3. The van der Waals surface area contributed by atoms with Crippen LogP contribution in [0.1, 0.15) is 48.5 Å². The summed E-state index contributed by atoms with van der Waals surface area (Å²) in [5.74, 6) is 4.21. The highest BCUT2D eigenvalue weighted by Crippen LogP contribution is 2.59. The van der Waals surface area contributed by atoms with Gasteiger partial charge in [0.25, 0.3) is 0 Å². The van der Waals surface area contributed by atoms with Crippen molar-refractivity contribution >= 4 is 21.8 Å². The van der Waals surface area contributed by atoms with Crippen molar-refractivity contribution in [1.82, 2.24) is 0 Å².